The van der Waals surface area contributed by atoms with Gasteiger partial charge in [0.2, 0.25) is 0 Å². The highest BCUT2D eigenvalue weighted by atomic mass is 35.5. The molecule has 138 valence electrons. The molecular formula is C20H17ClFN3O2. The molecule has 2 aromatic carbocycles. The first-order valence-electron chi connectivity index (χ1n) is 8.94. The van der Waals surface area contributed by atoms with Crippen molar-refractivity contribution in [3.8, 4) is 0 Å². The van der Waals surface area contributed by atoms with E-state index in [4.69, 9.17) is 16.3 Å². The first-order valence-corrected chi connectivity index (χ1v) is 9.32. The summed E-state index contributed by atoms with van der Waals surface area (Å²) in [5.74, 6) is -0.403. The molecule has 0 bridgehead atoms. The summed E-state index contributed by atoms with van der Waals surface area (Å²) in [5, 5.41) is 12.0. The van der Waals surface area contributed by atoms with Gasteiger partial charge in [0.1, 0.15) is 5.82 Å². The number of aromatic nitrogens is 2. The van der Waals surface area contributed by atoms with Crippen LogP contribution in [-0.2, 0) is 4.74 Å². The SMILES string of the molecule is O=c1[nH]nc2c3c(cc(F)cc13)N[C@@H]([C@H]1CCOC1)[C@@H]2c1ccccc1Cl. The van der Waals surface area contributed by atoms with Crippen LogP contribution in [-0.4, -0.2) is 29.5 Å². The summed E-state index contributed by atoms with van der Waals surface area (Å²) < 4.78 is 19.8. The van der Waals surface area contributed by atoms with Crippen LogP contribution in [0.15, 0.2) is 41.2 Å². The Bertz CT molecular complexity index is 1090. The van der Waals surface area contributed by atoms with Gasteiger partial charge in [-0.1, -0.05) is 29.8 Å². The van der Waals surface area contributed by atoms with Gasteiger partial charge >= 0.3 is 0 Å². The Labute approximate surface area is 159 Å². The van der Waals surface area contributed by atoms with E-state index in [1.807, 2.05) is 24.3 Å². The van der Waals surface area contributed by atoms with Crippen molar-refractivity contribution in [2.45, 2.75) is 18.4 Å². The number of nitrogens with zero attached hydrogens (tertiary/aromatic N) is 1. The lowest BCUT2D eigenvalue weighted by Crippen LogP contribution is -2.40. The minimum Gasteiger partial charge on any atom is -0.381 e. The fourth-order valence-electron chi connectivity index (χ4n) is 4.35. The summed E-state index contributed by atoms with van der Waals surface area (Å²) in [6, 6.07) is 10.3. The van der Waals surface area contributed by atoms with E-state index in [1.165, 1.54) is 12.1 Å². The third-order valence-corrected chi connectivity index (χ3v) is 5.91. The number of hydrogen-bond acceptors (Lipinski definition) is 4. The van der Waals surface area contributed by atoms with Crippen LogP contribution in [0.4, 0.5) is 10.1 Å². The second-order valence-corrected chi connectivity index (χ2v) is 7.51. The summed E-state index contributed by atoms with van der Waals surface area (Å²) >= 11 is 6.53. The maximum Gasteiger partial charge on any atom is 0.272 e. The molecule has 0 aliphatic carbocycles. The molecule has 3 heterocycles. The Morgan fingerprint density at radius 3 is 2.89 bits per heavy atom. The van der Waals surface area contributed by atoms with Gasteiger partial charge in [-0.3, -0.25) is 4.79 Å². The van der Waals surface area contributed by atoms with Crippen molar-refractivity contribution in [2.24, 2.45) is 5.92 Å². The topological polar surface area (TPSA) is 67.0 Å². The number of benzene rings is 2. The van der Waals surface area contributed by atoms with Gasteiger partial charge in [0.15, 0.2) is 0 Å². The van der Waals surface area contributed by atoms with Crippen molar-refractivity contribution < 1.29 is 9.13 Å². The smallest absolute Gasteiger partial charge is 0.272 e. The van der Waals surface area contributed by atoms with Crippen LogP contribution in [0.1, 0.15) is 23.6 Å². The van der Waals surface area contributed by atoms with Crippen molar-refractivity contribution in [1.29, 1.82) is 0 Å². The molecule has 2 N–H and O–H groups in total. The van der Waals surface area contributed by atoms with Crippen LogP contribution >= 0.6 is 11.6 Å². The largest absolute Gasteiger partial charge is 0.381 e. The van der Waals surface area contributed by atoms with E-state index in [0.29, 0.717) is 40.4 Å². The van der Waals surface area contributed by atoms with E-state index in [1.54, 1.807) is 0 Å². The van der Waals surface area contributed by atoms with Crippen LogP contribution in [0, 0.1) is 11.7 Å². The molecular weight excluding hydrogens is 369 g/mol. The van der Waals surface area contributed by atoms with Gasteiger partial charge in [-0.2, -0.15) is 5.10 Å². The Hall–Kier alpha value is -2.44. The zero-order valence-electron chi connectivity index (χ0n) is 14.3. The van der Waals surface area contributed by atoms with E-state index in [-0.39, 0.29) is 17.9 Å². The van der Waals surface area contributed by atoms with Crippen LogP contribution in [0.2, 0.25) is 5.02 Å². The molecule has 0 saturated carbocycles. The monoisotopic (exact) mass is 385 g/mol. The van der Waals surface area contributed by atoms with Crippen molar-refractivity contribution in [1.82, 2.24) is 10.2 Å². The van der Waals surface area contributed by atoms with E-state index < -0.39 is 11.4 Å². The van der Waals surface area contributed by atoms with Crippen molar-refractivity contribution in [3.05, 3.63) is 68.8 Å². The van der Waals surface area contributed by atoms with E-state index in [0.717, 1.165) is 12.0 Å². The molecule has 1 saturated heterocycles. The highest BCUT2D eigenvalue weighted by Crippen LogP contribution is 2.45. The fraction of sp³-hybridized carbons (Fsp3) is 0.300. The summed E-state index contributed by atoms with van der Waals surface area (Å²) in [7, 11) is 0. The minimum absolute atomic E-state index is 0.0664. The summed E-state index contributed by atoms with van der Waals surface area (Å²) in [6.45, 7) is 1.32. The molecule has 2 aliphatic rings. The number of halogens is 2. The standard InChI is InChI=1S/C20H17ClFN3O2/c21-14-4-2-1-3-12(14)17-18(10-5-6-27-9-10)23-15-8-11(22)7-13-16(15)19(17)24-25-20(13)26/h1-4,7-8,10,17-18,23H,5-6,9H2,(H,25,26)/t10-,17-,18-/m0/s1. The van der Waals surface area contributed by atoms with E-state index in [2.05, 4.69) is 15.5 Å². The molecule has 27 heavy (non-hydrogen) atoms. The Morgan fingerprint density at radius 2 is 2.11 bits per heavy atom. The summed E-state index contributed by atoms with van der Waals surface area (Å²) in [5.41, 5.74) is 1.83. The third kappa shape index (κ3) is 2.63. The first-order chi connectivity index (χ1) is 13.1. The van der Waals surface area contributed by atoms with Gasteiger partial charge in [0, 0.05) is 34.7 Å². The molecule has 7 heteroatoms. The average Bonchev–Trinajstić information content (AvgIpc) is 3.19. The van der Waals surface area contributed by atoms with Gasteiger partial charge in [0.25, 0.3) is 5.56 Å². The predicted octanol–water partition coefficient (Wildman–Crippen LogP) is 3.68. The number of rotatable bonds is 2. The van der Waals surface area contributed by atoms with Gasteiger partial charge in [-0.25, -0.2) is 9.49 Å². The molecule has 3 aromatic rings. The lowest BCUT2D eigenvalue weighted by molar-refractivity contribution is 0.180. The van der Waals surface area contributed by atoms with Crippen molar-refractivity contribution in [3.63, 3.8) is 0 Å². The van der Waals surface area contributed by atoms with Crippen molar-refractivity contribution in [2.75, 3.05) is 18.5 Å². The third-order valence-electron chi connectivity index (χ3n) is 5.57. The first kappa shape index (κ1) is 16.7. The number of ether oxygens (including phenoxy) is 1. The molecule has 5 rings (SSSR count). The quantitative estimate of drug-likeness (QED) is 0.706. The molecule has 1 aromatic heterocycles. The van der Waals surface area contributed by atoms with Crippen LogP contribution < -0.4 is 10.9 Å². The van der Waals surface area contributed by atoms with E-state index in [9.17, 15) is 9.18 Å². The second-order valence-electron chi connectivity index (χ2n) is 7.11. The molecule has 3 atom stereocenters. The highest BCUT2D eigenvalue weighted by Gasteiger charge is 2.40. The average molecular weight is 386 g/mol. The van der Waals surface area contributed by atoms with E-state index >= 15 is 0 Å². The molecule has 5 nitrogen and oxygen atoms in total. The Morgan fingerprint density at radius 1 is 1.26 bits per heavy atom. The van der Waals surface area contributed by atoms with Crippen LogP contribution in [0.3, 0.4) is 0 Å². The van der Waals surface area contributed by atoms with Gasteiger partial charge < -0.3 is 10.1 Å². The molecule has 0 unspecified atom stereocenters. The normalized spacial score (nSPS) is 24.1. The fourth-order valence-corrected chi connectivity index (χ4v) is 4.61. The number of aromatic amines is 1. The predicted molar refractivity (Wildman–Crippen MR) is 102 cm³/mol. The molecule has 0 amide bonds. The summed E-state index contributed by atoms with van der Waals surface area (Å²) in [4.78, 5) is 12.3. The zero-order chi connectivity index (χ0) is 18.5. The highest BCUT2D eigenvalue weighted by molar-refractivity contribution is 6.31. The number of hydrogen-bond donors (Lipinski definition) is 2. The Balaban J connectivity index is 1.80. The minimum atomic E-state index is -0.453. The van der Waals surface area contributed by atoms with Crippen molar-refractivity contribution >= 4 is 28.1 Å². The van der Waals surface area contributed by atoms with Gasteiger partial charge in [-0.15, -0.1) is 0 Å². The molecule has 1 fully saturated rings. The molecule has 2 aliphatic heterocycles. The second kappa shape index (κ2) is 6.32. The zero-order valence-corrected chi connectivity index (χ0v) is 15.1. The van der Waals surface area contributed by atoms with Gasteiger partial charge in [-0.05, 0) is 30.2 Å². The number of nitrogens with one attached hydrogen (secondary N) is 2. The lowest BCUT2D eigenvalue weighted by Gasteiger charge is -2.37. The maximum atomic E-state index is 14.1. The lowest BCUT2D eigenvalue weighted by atomic mass is 9.77. The molecule has 0 radical (unpaired) electrons. The molecule has 0 spiro atoms. The Kier molecular flexibility index (Phi) is 3.91. The number of anilines is 1. The number of H-pyrrole nitrogens is 1. The van der Waals surface area contributed by atoms with Gasteiger partial charge in [0.05, 0.1) is 23.6 Å². The summed E-state index contributed by atoms with van der Waals surface area (Å²) in [6.07, 6.45) is 0.899. The maximum absolute atomic E-state index is 14.1. The van der Waals surface area contributed by atoms with Crippen LogP contribution in [0.25, 0.3) is 10.8 Å². The van der Waals surface area contributed by atoms with Crippen LogP contribution in [0.5, 0.6) is 0 Å².